The van der Waals surface area contributed by atoms with Crippen LogP contribution in [0.4, 0.5) is 13.2 Å². The van der Waals surface area contributed by atoms with E-state index < -0.39 is 17.5 Å². The molecule has 0 aliphatic carbocycles. The van der Waals surface area contributed by atoms with Crippen LogP contribution in [0.2, 0.25) is 0 Å². The topological polar surface area (TPSA) is 17.1 Å². The number of ketones is 1. The van der Waals surface area contributed by atoms with Crippen molar-refractivity contribution in [2.75, 3.05) is 0 Å². The van der Waals surface area contributed by atoms with Crippen LogP contribution in [0.1, 0.15) is 22.8 Å². The highest BCUT2D eigenvalue weighted by Gasteiger charge is 2.31. The molecule has 0 aromatic heterocycles. The zero-order chi connectivity index (χ0) is 10.9. The second-order valence-electron chi connectivity index (χ2n) is 2.75. The Kier molecular flexibility index (Phi) is 2.99. The second kappa shape index (κ2) is 3.73. The van der Waals surface area contributed by atoms with Gasteiger partial charge < -0.3 is 0 Å². The molecule has 0 atom stereocenters. The van der Waals surface area contributed by atoms with Gasteiger partial charge in [-0.1, -0.05) is 15.9 Å². The summed E-state index contributed by atoms with van der Waals surface area (Å²) in [7, 11) is 0. The lowest BCUT2D eigenvalue weighted by molar-refractivity contribution is -0.137. The Morgan fingerprint density at radius 3 is 2.36 bits per heavy atom. The van der Waals surface area contributed by atoms with Gasteiger partial charge in [-0.25, -0.2) is 0 Å². The summed E-state index contributed by atoms with van der Waals surface area (Å²) in [5.41, 5.74) is -0.772. The lowest BCUT2D eigenvalue weighted by Crippen LogP contribution is -2.06. The average Bonchev–Trinajstić information content (AvgIpc) is 2.02. The van der Waals surface area contributed by atoms with Crippen LogP contribution in [-0.2, 0) is 6.18 Å². The third kappa shape index (κ3) is 2.35. The molecule has 14 heavy (non-hydrogen) atoms. The summed E-state index contributed by atoms with van der Waals surface area (Å²) in [5, 5.41) is 0. The molecule has 1 rings (SSSR count). The maximum absolute atomic E-state index is 12.2. The van der Waals surface area contributed by atoms with E-state index in [0.29, 0.717) is 4.47 Å². The highest BCUT2D eigenvalue weighted by molar-refractivity contribution is 9.10. The van der Waals surface area contributed by atoms with Crippen molar-refractivity contribution < 1.29 is 18.0 Å². The summed E-state index contributed by atoms with van der Waals surface area (Å²) < 4.78 is 37.1. The van der Waals surface area contributed by atoms with E-state index in [1.807, 2.05) is 0 Å². The first-order valence-electron chi connectivity index (χ1n) is 3.70. The summed E-state index contributed by atoms with van der Waals surface area (Å²) in [6, 6.07) is 2.99. The number of carbonyl (C=O) groups is 1. The quantitative estimate of drug-likeness (QED) is 0.709. The molecule has 0 fully saturated rings. The van der Waals surface area contributed by atoms with Crippen LogP contribution in [0, 0.1) is 0 Å². The second-order valence-corrected chi connectivity index (χ2v) is 3.60. The van der Waals surface area contributed by atoms with Gasteiger partial charge in [-0.3, -0.25) is 4.79 Å². The van der Waals surface area contributed by atoms with Crippen molar-refractivity contribution in [3.63, 3.8) is 0 Å². The molecule has 1 aromatic rings. The van der Waals surface area contributed by atoms with E-state index >= 15 is 0 Å². The molecule has 0 unspecified atom stereocenters. The minimum absolute atomic E-state index is 0.0415. The predicted molar refractivity (Wildman–Crippen MR) is 49.1 cm³/mol. The van der Waals surface area contributed by atoms with Crippen LogP contribution in [0.25, 0.3) is 0 Å². The highest BCUT2D eigenvalue weighted by atomic mass is 79.9. The van der Waals surface area contributed by atoms with Crippen LogP contribution in [0.5, 0.6) is 0 Å². The summed E-state index contributed by atoms with van der Waals surface area (Å²) >= 11 is 3.01. The Morgan fingerprint density at radius 1 is 1.36 bits per heavy atom. The molecule has 0 aliphatic rings. The molecule has 0 radical (unpaired) electrons. The number of halogens is 4. The Hall–Kier alpha value is -0.840. The van der Waals surface area contributed by atoms with Crippen LogP contribution in [-0.4, -0.2) is 5.78 Å². The lowest BCUT2D eigenvalue weighted by Gasteiger charge is -2.08. The summed E-state index contributed by atoms with van der Waals surface area (Å²) in [6.07, 6.45) is -4.41. The molecule has 0 saturated heterocycles. The van der Waals surface area contributed by atoms with Gasteiger partial charge in [0.25, 0.3) is 0 Å². The number of hydrogen-bond acceptors (Lipinski definition) is 1. The number of hydrogen-bond donors (Lipinski definition) is 0. The van der Waals surface area contributed by atoms with E-state index in [0.717, 1.165) is 12.1 Å². The molecule has 1 nitrogen and oxygen atoms in total. The van der Waals surface area contributed by atoms with Gasteiger partial charge in [0.05, 0.1) is 5.56 Å². The zero-order valence-corrected chi connectivity index (χ0v) is 8.74. The minimum atomic E-state index is -4.41. The van der Waals surface area contributed by atoms with Crippen molar-refractivity contribution >= 4 is 21.7 Å². The molecular formula is C9H6BrF3O. The van der Waals surface area contributed by atoms with Gasteiger partial charge >= 0.3 is 6.18 Å². The van der Waals surface area contributed by atoms with Crippen molar-refractivity contribution in [1.29, 1.82) is 0 Å². The monoisotopic (exact) mass is 266 g/mol. The van der Waals surface area contributed by atoms with E-state index in [1.54, 1.807) is 0 Å². The number of benzene rings is 1. The molecule has 0 aliphatic heterocycles. The molecule has 0 bridgehead atoms. The molecule has 76 valence electrons. The average molecular weight is 267 g/mol. The Balaban J connectivity index is 3.27. The van der Waals surface area contributed by atoms with Crippen molar-refractivity contribution in [1.82, 2.24) is 0 Å². The first kappa shape index (κ1) is 11.2. The fourth-order valence-corrected chi connectivity index (χ4v) is 1.50. The predicted octanol–water partition coefficient (Wildman–Crippen LogP) is 3.67. The molecule has 0 spiro atoms. The summed E-state index contributed by atoms with van der Waals surface area (Å²) in [5.74, 6) is -0.400. The largest absolute Gasteiger partial charge is 0.416 e. The van der Waals surface area contributed by atoms with Crippen LogP contribution in [0.3, 0.4) is 0 Å². The van der Waals surface area contributed by atoms with E-state index in [1.165, 1.54) is 13.0 Å². The van der Waals surface area contributed by atoms with Crippen molar-refractivity contribution in [3.05, 3.63) is 33.8 Å². The SMILES string of the molecule is CC(=O)c1cc(C(F)(F)F)ccc1Br. The molecule has 5 heteroatoms. The Labute approximate surface area is 87.1 Å². The van der Waals surface area contributed by atoms with Crippen LogP contribution >= 0.6 is 15.9 Å². The Morgan fingerprint density at radius 2 is 1.93 bits per heavy atom. The third-order valence-electron chi connectivity index (χ3n) is 1.67. The summed E-state index contributed by atoms with van der Waals surface area (Å²) in [6.45, 7) is 1.22. The molecule has 0 N–H and O–H groups in total. The smallest absolute Gasteiger partial charge is 0.294 e. The molecule has 1 aromatic carbocycles. The highest BCUT2D eigenvalue weighted by Crippen LogP contribution is 2.31. The standard InChI is InChI=1S/C9H6BrF3O/c1-5(14)7-4-6(9(11,12)13)2-3-8(7)10/h2-4H,1H3. The first-order valence-corrected chi connectivity index (χ1v) is 4.49. The fraction of sp³-hybridized carbons (Fsp3) is 0.222. The maximum atomic E-state index is 12.2. The maximum Gasteiger partial charge on any atom is 0.416 e. The van der Waals surface area contributed by atoms with E-state index in [9.17, 15) is 18.0 Å². The van der Waals surface area contributed by atoms with Gasteiger partial charge in [0.1, 0.15) is 0 Å². The van der Waals surface area contributed by atoms with Gasteiger partial charge in [0.2, 0.25) is 0 Å². The number of rotatable bonds is 1. The number of carbonyl (C=O) groups excluding carboxylic acids is 1. The molecule has 0 saturated carbocycles. The third-order valence-corrected chi connectivity index (χ3v) is 2.36. The van der Waals surface area contributed by atoms with Crippen molar-refractivity contribution in [2.24, 2.45) is 0 Å². The van der Waals surface area contributed by atoms with Crippen LogP contribution < -0.4 is 0 Å². The normalized spacial score (nSPS) is 11.5. The first-order chi connectivity index (χ1) is 6.32. The molecule has 0 heterocycles. The van der Waals surface area contributed by atoms with Gasteiger partial charge in [-0.2, -0.15) is 13.2 Å². The van der Waals surface area contributed by atoms with Crippen LogP contribution in [0.15, 0.2) is 22.7 Å². The van der Waals surface area contributed by atoms with Gasteiger partial charge in [-0.15, -0.1) is 0 Å². The van der Waals surface area contributed by atoms with Gasteiger partial charge in [0.15, 0.2) is 5.78 Å². The Bertz CT molecular complexity index is 371. The molecule has 0 amide bonds. The fourth-order valence-electron chi connectivity index (χ4n) is 0.971. The minimum Gasteiger partial charge on any atom is -0.294 e. The summed E-state index contributed by atoms with van der Waals surface area (Å²) in [4.78, 5) is 10.9. The number of Topliss-reactive ketones (excluding diaryl/α,β-unsaturated/α-hetero) is 1. The van der Waals surface area contributed by atoms with Crippen molar-refractivity contribution in [3.8, 4) is 0 Å². The zero-order valence-electron chi connectivity index (χ0n) is 7.15. The lowest BCUT2D eigenvalue weighted by atomic mass is 10.1. The van der Waals surface area contributed by atoms with Gasteiger partial charge in [0, 0.05) is 10.0 Å². The van der Waals surface area contributed by atoms with E-state index in [4.69, 9.17) is 0 Å². The van der Waals surface area contributed by atoms with E-state index in [-0.39, 0.29) is 5.56 Å². The van der Waals surface area contributed by atoms with E-state index in [2.05, 4.69) is 15.9 Å². The van der Waals surface area contributed by atoms with Crippen molar-refractivity contribution in [2.45, 2.75) is 13.1 Å². The van der Waals surface area contributed by atoms with Gasteiger partial charge in [-0.05, 0) is 25.1 Å². The molecular weight excluding hydrogens is 261 g/mol. The number of alkyl halides is 3.